The van der Waals surface area contributed by atoms with Crippen LogP contribution in [0.2, 0.25) is 0 Å². The molecule has 4 aromatic rings. The van der Waals surface area contributed by atoms with Crippen LogP contribution in [0.3, 0.4) is 0 Å². The molecule has 2 N–H and O–H groups in total. The summed E-state index contributed by atoms with van der Waals surface area (Å²) >= 11 is 0. The van der Waals surface area contributed by atoms with E-state index >= 15 is 0 Å². The number of rotatable bonds is 6. The van der Waals surface area contributed by atoms with E-state index in [2.05, 4.69) is 30.2 Å². The van der Waals surface area contributed by atoms with Gasteiger partial charge < -0.3 is 24.2 Å². The van der Waals surface area contributed by atoms with Gasteiger partial charge in [0.1, 0.15) is 18.4 Å². The Bertz CT molecular complexity index is 2450. The molecule has 7 aliphatic heterocycles. The maximum atomic E-state index is 13.9. The molecule has 4 saturated heterocycles. The van der Waals surface area contributed by atoms with E-state index in [4.69, 9.17) is 19.4 Å². The number of nitrogens with one attached hydrogen (secondary N) is 2. The van der Waals surface area contributed by atoms with Crippen molar-refractivity contribution in [3.63, 3.8) is 0 Å². The van der Waals surface area contributed by atoms with Crippen LogP contribution in [-0.4, -0.2) is 142 Å². The second-order valence-corrected chi connectivity index (χ2v) is 18.7. The zero-order valence-corrected chi connectivity index (χ0v) is 35.2. The number of aromatic nitrogens is 4. The lowest BCUT2D eigenvalue weighted by molar-refractivity contribution is -0.155. The molecule has 9 heterocycles. The maximum absolute atomic E-state index is 13.9. The van der Waals surface area contributed by atoms with Gasteiger partial charge in [0.2, 0.25) is 17.8 Å². The average Bonchev–Trinajstić information content (AvgIpc) is 3.89. The molecule has 2 aromatic heterocycles. The molecule has 0 saturated carbocycles. The Kier molecular flexibility index (Phi) is 9.91. The molecular weight excluding hydrogens is 818 g/mol. The second-order valence-electron chi connectivity index (χ2n) is 18.7. The van der Waals surface area contributed by atoms with Crippen LogP contribution in [0.15, 0.2) is 42.9 Å². The van der Waals surface area contributed by atoms with Gasteiger partial charge in [-0.05, 0) is 80.7 Å². The highest BCUT2D eigenvalue weighted by Gasteiger charge is 2.45. The van der Waals surface area contributed by atoms with Gasteiger partial charge in [-0.2, -0.15) is 18.3 Å². The van der Waals surface area contributed by atoms with E-state index in [1.54, 1.807) is 23.5 Å². The molecule has 0 aliphatic carbocycles. The number of H-pyrrole nitrogens is 1. The zero-order valence-electron chi connectivity index (χ0n) is 35.2. The Balaban J connectivity index is 0.686. The molecule has 0 bridgehead atoms. The maximum Gasteiger partial charge on any atom is 0.401 e. The first-order valence-corrected chi connectivity index (χ1v) is 22.3. The van der Waals surface area contributed by atoms with E-state index in [0.29, 0.717) is 55.6 Å². The number of fused-ring (bicyclic) bond motifs is 8. The van der Waals surface area contributed by atoms with E-state index in [9.17, 15) is 27.6 Å². The summed E-state index contributed by atoms with van der Waals surface area (Å²) in [6.45, 7) is 7.39. The SMILES string of the molecule is C[C@@H]1Cc2c(ccc3[nH]ncc23)[C@@H](c2cnc(N3CCC4(CCC(CN5CCN6c7ccc8c(c7OC[C@H]6C5)CN([C@H]5CCC(=O)NC5=O)C8=O)CO4)CC3)nc2)N1CC(F)(F)F. The van der Waals surface area contributed by atoms with Gasteiger partial charge in [0.05, 0.1) is 54.8 Å². The number of carbonyl (C=O) groups excluding carboxylic acids is 3. The fourth-order valence-corrected chi connectivity index (χ4v) is 11.5. The number of ether oxygens (including phenoxy) is 2. The van der Waals surface area contributed by atoms with Gasteiger partial charge in [-0.15, -0.1) is 0 Å². The van der Waals surface area contributed by atoms with E-state index in [0.717, 1.165) is 104 Å². The summed E-state index contributed by atoms with van der Waals surface area (Å²) in [7, 11) is 0. The fourth-order valence-electron chi connectivity index (χ4n) is 11.5. The molecule has 4 fully saturated rings. The Morgan fingerprint density at radius 3 is 2.51 bits per heavy atom. The molecule has 332 valence electrons. The number of nitrogens with zero attached hydrogens (tertiary/aromatic N) is 8. The van der Waals surface area contributed by atoms with Gasteiger partial charge in [0, 0.05) is 86.2 Å². The Morgan fingerprint density at radius 2 is 1.75 bits per heavy atom. The summed E-state index contributed by atoms with van der Waals surface area (Å²) in [5, 5.41) is 10.5. The summed E-state index contributed by atoms with van der Waals surface area (Å²) in [5.74, 6) is 0.819. The second kappa shape index (κ2) is 15.4. The third-order valence-corrected chi connectivity index (χ3v) is 14.8. The van der Waals surface area contributed by atoms with Crippen molar-refractivity contribution in [2.75, 3.05) is 68.8 Å². The number of carbonyl (C=O) groups is 3. The number of amides is 3. The predicted molar refractivity (Wildman–Crippen MR) is 224 cm³/mol. The third kappa shape index (κ3) is 7.27. The number of benzene rings is 2. The highest BCUT2D eigenvalue weighted by molar-refractivity contribution is 6.06. The van der Waals surface area contributed by atoms with E-state index in [1.165, 1.54) is 4.90 Å². The molecule has 0 radical (unpaired) electrons. The number of imide groups is 1. The molecule has 1 spiro atoms. The van der Waals surface area contributed by atoms with Gasteiger partial charge in [-0.1, -0.05) is 6.07 Å². The van der Waals surface area contributed by atoms with Gasteiger partial charge in [-0.25, -0.2) is 9.97 Å². The zero-order chi connectivity index (χ0) is 43.2. The van der Waals surface area contributed by atoms with Crippen molar-refractivity contribution in [3.05, 3.63) is 70.7 Å². The van der Waals surface area contributed by atoms with Crippen LogP contribution >= 0.6 is 0 Å². The number of halogens is 3. The largest absolute Gasteiger partial charge is 0.489 e. The monoisotopic (exact) mass is 868 g/mol. The minimum Gasteiger partial charge on any atom is -0.489 e. The molecule has 1 unspecified atom stereocenters. The summed E-state index contributed by atoms with van der Waals surface area (Å²) in [6, 6.07) is 6.15. The van der Waals surface area contributed by atoms with Crippen molar-refractivity contribution in [3.8, 4) is 5.75 Å². The Labute approximate surface area is 362 Å². The first-order valence-electron chi connectivity index (χ1n) is 22.3. The number of piperazine rings is 1. The number of hydrogen-bond donors (Lipinski definition) is 2. The van der Waals surface area contributed by atoms with Gasteiger partial charge in [-0.3, -0.25) is 34.6 Å². The van der Waals surface area contributed by atoms with Crippen LogP contribution in [0, 0.1) is 5.92 Å². The fraction of sp³-hybridized carbons (Fsp3) is 0.556. The highest BCUT2D eigenvalue weighted by Crippen LogP contribution is 2.45. The van der Waals surface area contributed by atoms with Crippen molar-refractivity contribution in [2.45, 2.75) is 94.4 Å². The summed E-state index contributed by atoms with van der Waals surface area (Å²) in [6.07, 6.45) is 5.62. The summed E-state index contributed by atoms with van der Waals surface area (Å²) in [5.41, 5.74) is 5.54. The Hall–Kier alpha value is -5.33. The highest BCUT2D eigenvalue weighted by atomic mass is 19.4. The van der Waals surface area contributed by atoms with E-state index < -0.39 is 30.7 Å². The quantitative estimate of drug-likeness (QED) is 0.265. The molecule has 3 amide bonds. The van der Waals surface area contributed by atoms with Crippen LogP contribution in [-0.2, 0) is 27.3 Å². The summed E-state index contributed by atoms with van der Waals surface area (Å²) in [4.78, 5) is 57.4. The minimum absolute atomic E-state index is 0.179. The molecule has 15 nitrogen and oxygen atoms in total. The Morgan fingerprint density at radius 1 is 0.921 bits per heavy atom. The van der Waals surface area contributed by atoms with E-state index in [-0.39, 0.29) is 35.9 Å². The number of alkyl halides is 3. The third-order valence-electron chi connectivity index (χ3n) is 14.8. The van der Waals surface area contributed by atoms with Crippen LogP contribution in [0.5, 0.6) is 5.75 Å². The van der Waals surface area contributed by atoms with Crippen molar-refractivity contribution in [1.29, 1.82) is 0 Å². The smallest absolute Gasteiger partial charge is 0.401 e. The lowest BCUT2D eigenvalue weighted by Crippen LogP contribution is -2.58. The van der Waals surface area contributed by atoms with Crippen LogP contribution < -0.4 is 19.9 Å². The van der Waals surface area contributed by atoms with Crippen LogP contribution in [0.1, 0.15) is 84.1 Å². The van der Waals surface area contributed by atoms with E-state index in [1.807, 2.05) is 31.2 Å². The van der Waals surface area contributed by atoms with Crippen molar-refractivity contribution < 1.29 is 37.0 Å². The lowest BCUT2D eigenvalue weighted by Gasteiger charge is -2.48. The van der Waals surface area contributed by atoms with Gasteiger partial charge >= 0.3 is 6.18 Å². The predicted octanol–water partition coefficient (Wildman–Crippen LogP) is 4.36. The van der Waals surface area contributed by atoms with Crippen molar-refractivity contribution in [2.24, 2.45) is 5.92 Å². The van der Waals surface area contributed by atoms with Crippen LogP contribution in [0.25, 0.3) is 10.9 Å². The van der Waals surface area contributed by atoms with Crippen molar-refractivity contribution in [1.82, 2.24) is 40.2 Å². The first kappa shape index (κ1) is 40.4. The number of piperidine rings is 2. The molecular formula is C45H51F3N10O5. The van der Waals surface area contributed by atoms with Gasteiger partial charge in [0.15, 0.2) is 0 Å². The molecule has 18 heteroatoms. The average molecular weight is 869 g/mol. The summed E-state index contributed by atoms with van der Waals surface area (Å²) < 4.78 is 54.9. The van der Waals surface area contributed by atoms with Gasteiger partial charge in [0.25, 0.3) is 5.91 Å². The molecule has 2 aromatic carbocycles. The molecule has 7 aliphatic rings. The van der Waals surface area contributed by atoms with Crippen LogP contribution in [0.4, 0.5) is 24.8 Å². The normalized spacial score (nSPS) is 27.5. The standard InChI is InChI=1S/C45H51F3N10O5/c1-26-16-32-30(2-4-35-33(32)19-51-53-35)39(58(26)25-45(46,47)48)28-17-49-43(50-18-28)55-12-10-44(11-13-55)9-8-27(23-63-44)20-54-14-15-56-29(21-54)24-62-40-34-22-57(37-6-7-38(59)52-41(37)60)42(61)31(34)3-5-36(40)56/h2-5,17-19,26-27,29,37,39H,6-16,20-25H2,1H3,(H,51,53)(H,52,59,60)/t26-,27?,29-,37+,39-/m1/s1. The number of anilines is 2. The lowest BCUT2D eigenvalue weighted by atomic mass is 9.81. The van der Waals surface area contributed by atoms with Crippen molar-refractivity contribution >= 4 is 40.3 Å². The molecule has 5 atom stereocenters. The molecule has 63 heavy (non-hydrogen) atoms. The number of aromatic amines is 1. The first-order chi connectivity index (χ1) is 30.4. The molecule has 11 rings (SSSR count). The topological polar surface area (TPSA) is 152 Å². The minimum atomic E-state index is -4.36. The number of hydrogen-bond acceptors (Lipinski definition) is 12.